The van der Waals surface area contributed by atoms with Crippen molar-refractivity contribution in [1.82, 2.24) is 5.32 Å². The number of carbonyl (C=O) groups is 1. The van der Waals surface area contributed by atoms with Crippen molar-refractivity contribution in [3.8, 4) is 5.75 Å². The molecule has 2 unspecified atom stereocenters. The van der Waals surface area contributed by atoms with Crippen LogP contribution in [0.3, 0.4) is 0 Å². The maximum Gasteiger partial charge on any atom is 0.260 e. The van der Waals surface area contributed by atoms with E-state index < -0.39 is 6.10 Å². The van der Waals surface area contributed by atoms with Gasteiger partial charge in [-0.05, 0) is 32.4 Å². The third kappa shape index (κ3) is 6.06. The second kappa shape index (κ2) is 9.05. The Balaban J connectivity index is 2.63. The molecule has 0 fully saturated rings. The molecule has 0 saturated heterocycles. The van der Waals surface area contributed by atoms with E-state index in [-0.39, 0.29) is 11.9 Å². The van der Waals surface area contributed by atoms with Gasteiger partial charge in [0, 0.05) is 22.6 Å². The average molecular weight is 357 g/mol. The molecule has 2 atom stereocenters. The highest BCUT2D eigenvalue weighted by atomic mass is 79.9. The van der Waals surface area contributed by atoms with Crippen LogP contribution >= 0.6 is 15.9 Å². The van der Waals surface area contributed by atoms with Gasteiger partial charge in [-0.2, -0.15) is 0 Å². The molecule has 118 valence electrons. The van der Waals surface area contributed by atoms with Gasteiger partial charge in [0.1, 0.15) is 5.75 Å². The van der Waals surface area contributed by atoms with E-state index >= 15 is 0 Å². The molecular formula is C16H25BrN2O2. The van der Waals surface area contributed by atoms with E-state index in [1.807, 2.05) is 25.1 Å². The number of benzene rings is 1. The first-order valence-electron chi connectivity index (χ1n) is 7.45. The highest BCUT2D eigenvalue weighted by Gasteiger charge is 2.17. The van der Waals surface area contributed by atoms with Crippen LogP contribution < -0.4 is 15.8 Å². The van der Waals surface area contributed by atoms with Crippen molar-refractivity contribution in [3.05, 3.63) is 28.2 Å². The fraction of sp³-hybridized carbons (Fsp3) is 0.562. The number of hydrogen-bond donors (Lipinski definition) is 2. The van der Waals surface area contributed by atoms with Crippen molar-refractivity contribution < 1.29 is 9.53 Å². The smallest absolute Gasteiger partial charge is 0.260 e. The molecule has 1 amide bonds. The number of nitrogens with one attached hydrogen (secondary N) is 1. The van der Waals surface area contributed by atoms with Gasteiger partial charge < -0.3 is 15.8 Å². The van der Waals surface area contributed by atoms with E-state index in [2.05, 4.69) is 28.2 Å². The van der Waals surface area contributed by atoms with Crippen molar-refractivity contribution in [1.29, 1.82) is 0 Å². The van der Waals surface area contributed by atoms with Gasteiger partial charge >= 0.3 is 0 Å². The number of halogens is 1. The van der Waals surface area contributed by atoms with Crippen LogP contribution in [-0.2, 0) is 4.79 Å². The summed E-state index contributed by atoms with van der Waals surface area (Å²) in [7, 11) is 0. The molecule has 5 heteroatoms. The van der Waals surface area contributed by atoms with Crippen LogP contribution in [0.4, 0.5) is 0 Å². The van der Waals surface area contributed by atoms with Crippen molar-refractivity contribution in [2.24, 2.45) is 5.73 Å². The van der Waals surface area contributed by atoms with Gasteiger partial charge in [-0.3, -0.25) is 4.79 Å². The number of carbonyl (C=O) groups excluding carboxylic acids is 1. The Labute approximate surface area is 135 Å². The average Bonchev–Trinajstić information content (AvgIpc) is 2.43. The van der Waals surface area contributed by atoms with E-state index in [1.54, 1.807) is 6.92 Å². The Morgan fingerprint density at radius 1 is 1.38 bits per heavy atom. The first-order chi connectivity index (χ1) is 9.95. The predicted molar refractivity (Wildman–Crippen MR) is 89.4 cm³/mol. The molecular weight excluding hydrogens is 332 g/mol. The second-order valence-corrected chi connectivity index (χ2v) is 6.14. The first-order valence-corrected chi connectivity index (χ1v) is 8.24. The predicted octanol–water partition coefficient (Wildman–Crippen LogP) is 3.54. The zero-order chi connectivity index (χ0) is 15.8. The standard InChI is InChI=1S/C16H25BrN2O2/c1-4-5-6-9-19-16(20)12(3)21-15-10-13(17)7-8-14(15)11(2)18/h7-8,10-12H,4-6,9,18H2,1-3H3,(H,19,20). The molecule has 0 aliphatic heterocycles. The molecule has 0 aliphatic rings. The van der Waals surface area contributed by atoms with E-state index in [0.717, 1.165) is 29.3 Å². The van der Waals surface area contributed by atoms with Gasteiger partial charge in [-0.15, -0.1) is 0 Å². The minimum Gasteiger partial charge on any atom is -0.481 e. The summed E-state index contributed by atoms with van der Waals surface area (Å²) in [6, 6.07) is 5.53. The largest absolute Gasteiger partial charge is 0.481 e. The van der Waals surface area contributed by atoms with Crippen molar-refractivity contribution in [2.75, 3.05) is 6.54 Å². The summed E-state index contributed by atoms with van der Waals surface area (Å²) in [4.78, 5) is 12.0. The molecule has 4 nitrogen and oxygen atoms in total. The molecule has 3 N–H and O–H groups in total. The molecule has 1 aromatic carbocycles. The number of unbranched alkanes of at least 4 members (excludes halogenated alkanes) is 2. The molecule has 0 saturated carbocycles. The molecule has 1 rings (SSSR count). The quantitative estimate of drug-likeness (QED) is 0.700. The van der Waals surface area contributed by atoms with Crippen LogP contribution in [0.15, 0.2) is 22.7 Å². The normalized spacial score (nSPS) is 13.6. The summed E-state index contributed by atoms with van der Waals surface area (Å²) in [5, 5.41) is 2.89. The Morgan fingerprint density at radius 3 is 2.71 bits per heavy atom. The summed E-state index contributed by atoms with van der Waals surface area (Å²) in [5.74, 6) is 0.553. The van der Waals surface area contributed by atoms with Crippen LogP contribution in [-0.4, -0.2) is 18.6 Å². The summed E-state index contributed by atoms with van der Waals surface area (Å²) >= 11 is 3.41. The van der Waals surface area contributed by atoms with Crippen LogP contribution in [0.2, 0.25) is 0 Å². The lowest BCUT2D eigenvalue weighted by Gasteiger charge is -2.19. The van der Waals surface area contributed by atoms with Crippen LogP contribution in [0, 0.1) is 0 Å². The molecule has 21 heavy (non-hydrogen) atoms. The zero-order valence-corrected chi connectivity index (χ0v) is 14.6. The fourth-order valence-electron chi connectivity index (χ4n) is 1.96. The van der Waals surface area contributed by atoms with E-state index in [1.165, 1.54) is 0 Å². The summed E-state index contributed by atoms with van der Waals surface area (Å²) in [6.45, 7) is 6.47. The summed E-state index contributed by atoms with van der Waals surface area (Å²) < 4.78 is 6.68. The minimum absolute atomic E-state index is 0.0956. The van der Waals surface area contributed by atoms with Gasteiger partial charge in [-0.1, -0.05) is 41.8 Å². The van der Waals surface area contributed by atoms with Gasteiger partial charge in [0.05, 0.1) is 0 Å². The van der Waals surface area contributed by atoms with Crippen molar-refractivity contribution >= 4 is 21.8 Å². The van der Waals surface area contributed by atoms with E-state index in [9.17, 15) is 4.79 Å². The van der Waals surface area contributed by atoms with E-state index in [0.29, 0.717) is 12.3 Å². The lowest BCUT2D eigenvalue weighted by Crippen LogP contribution is -2.37. The number of amides is 1. The van der Waals surface area contributed by atoms with Gasteiger partial charge in [0.15, 0.2) is 6.10 Å². The topological polar surface area (TPSA) is 64.3 Å². The minimum atomic E-state index is -0.543. The fourth-order valence-corrected chi connectivity index (χ4v) is 2.30. The maximum absolute atomic E-state index is 12.0. The highest BCUT2D eigenvalue weighted by Crippen LogP contribution is 2.28. The third-order valence-electron chi connectivity index (χ3n) is 3.22. The van der Waals surface area contributed by atoms with Crippen LogP contribution in [0.1, 0.15) is 51.6 Å². The molecule has 0 aliphatic carbocycles. The zero-order valence-electron chi connectivity index (χ0n) is 13.0. The highest BCUT2D eigenvalue weighted by molar-refractivity contribution is 9.10. The van der Waals surface area contributed by atoms with Gasteiger partial charge in [-0.25, -0.2) is 0 Å². The molecule has 0 heterocycles. The number of hydrogen-bond acceptors (Lipinski definition) is 3. The third-order valence-corrected chi connectivity index (χ3v) is 3.71. The van der Waals surface area contributed by atoms with E-state index in [4.69, 9.17) is 10.5 Å². The monoisotopic (exact) mass is 356 g/mol. The number of rotatable bonds is 8. The van der Waals surface area contributed by atoms with Crippen LogP contribution in [0.25, 0.3) is 0 Å². The first kappa shape index (κ1) is 18.0. The lowest BCUT2D eigenvalue weighted by atomic mass is 10.1. The Morgan fingerprint density at radius 2 is 2.10 bits per heavy atom. The summed E-state index contributed by atoms with van der Waals surface area (Å²) in [6.07, 6.45) is 2.71. The maximum atomic E-state index is 12.0. The molecule has 1 aromatic rings. The van der Waals surface area contributed by atoms with Crippen molar-refractivity contribution in [2.45, 2.75) is 52.2 Å². The Bertz CT molecular complexity index is 464. The van der Waals surface area contributed by atoms with Crippen LogP contribution in [0.5, 0.6) is 5.75 Å². The molecule has 0 radical (unpaired) electrons. The molecule has 0 bridgehead atoms. The van der Waals surface area contributed by atoms with Gasteiger partial charge in [0.2, 0.25) is 0 Å². The SMILES string of the molecule is CCCCCNC(=O)C(C)Oc1cc(Br)ccc1C(C)N. The summed E-state index contributed by atoms with van der Waals surface area (Å²) in [5.41, 5.74) is 6.83. The second-order valence-electron chi connectivity index (χ2n) is 5.23. The number of ether oxygens (including phenoxy) is 1. The Kier molecular flexibility index (Phi) is 7.75. The Hall–Kier alpha value is -1.07. The van der Waals surface area contributed by atoms with Gasteiger partial charge in [0.25, 0.3) is 5.91 Å². The molecule has 0 spiro atoms. The lowest BCUT2D eigenvalue weighted by molar-refractivity contribution is -0.127. The molecule has 0 aromatic heterocycles. The number of nitrogens with two attached hydrogens (primary N) is 1. The van der Waals surface area contributed by atoms with Crippen molar-refractivity contribution in [3.63, 3.8) is 0 Å².